The molecule has 1 aromatic carbocycles. The Bertz CT molecular complexity index is 511. The minimum Gasteiger partial charge on any atom is -0.455 e. The number of ether oxygens (including phenoxy) is 1. The first-order valence-corrected chi connectivity index (χ1v) is 5.24. The van der Waals surface area contributed by atoms with Crippen LogP contribution in [0.15, 0.2) is 36.5 Å². The molecule has 0 atom stereocenters. The highest BCUT2D eigenvalue weighted by Gasteiger charge is 2.02. The zero-order chi connectivity index (χ0) is 12.3. The lowest BCUT2D eigenvalue weighted by Crippen LogP contribution is -1.92. The molecule has 2 N–H and O–H groups in total. The van der Waals surface area contributed by atoms with E-state index >= 15 is 0 Å². The summed E-state index contributed by atoms with van der Waals surface area (Å²) in [5.41, 5.74) is 7.68. The molecule has 88 valence electrons. The highest BCUT2D eigenvalue weighted by atomic mass is 19.1. The maximum atomic E-state index is 12.3. The van der Waals surface area contributed by atoms with Crippen molar-refractivity contribution in [1.29, 1.82) is 0 Å². The number of hydrogen-bond donors (Lipinski definition) is 1. The van der Waals surface area contributed by atoms with Gasteiger partial charge in [-0.1, -0.05) is 0 Å². The number of aromatic nitrogens is 1. The number of nitrogens with two attached hydrogens (primary N) is 1. The predicted molar refractivity (Wildman–Crippen MR) is 64.7 cm³/mol. The topological polar surface area (TPSA) is 48.1 Å². The molecular weight excluding hydrogens is 219 g/mol. The summed E-state index contributed by atoms with van der Waals surface area (Å²) in [4.78, 5) is 3.92. The second-order valence-corrected chi connectivity index (χ2v) is 3.75. The molecule has 0 aliphatic carbocycles. The molecule has 0 amide bonds. The predicted octanol–water partition coefficient (Wildman–Crippen LogP) is 3.23. The van der Waals surface area contributed by atoms with Gasteiger partial charge in [0, 0.05) is 5.69 Å². The van der Waals surface area contributed by atoms with Gasteiger partial charge in [0.05, 0.1) is 11.9 Å². The Morgan fingerprint density at radius 2 is 2.12 bits per heavy atom. The fourth-order valence-corrected chi connectivity index (χ4v) is 1.46. The Balaban J connectivity index is 2.19. The smallest absolute Gasteiger partial charge is 0.145 e. The van der Waals surface area contributed by atoms with Crippen LogP contribution >= 0.6 is 0 Å². The summed E-state index contributed by atoms with van der Waals surface area (Å²) in [7, 11) is 0. The van der Waals surface area contributed by atoms with Crippen LogP contribution in [0.2, 0.25) is 0 Å². The molecule has 0 bridgehead atoms. The van der Waals surface area contributed by atoms with Crippen LogP contribution < -0.4 is 10.5 Å². The number of aryl methyl sites for hydroxylation is 1. The maximum absolute atomic E-state index is 12.3. The van der Waals surface area contributed by atoms with Gasteiger partial charge in [-0.25, -0.2) is 4.39 Å². The summed E-state index contributed by atoms with van der Waals surface area (Å²) in [5, 5.41) is 0. The molecule has 1 heterocycles. The van der Waals surface area contributed by atoms with Crippen LogP contribution in [0, 0.1) is 6.92 Å². The summed E-state index contributed by atoms with van der Waals surface area (Å²) in [6.07, 6.45) is 1.50. The van der Waals surface area contributed by atoms with Crippen molar-refractivity contribution in [2.75, 3.05) is 5.73 Å². The molecule has 2 aromatic rings. The lowest BCUT2D eigenvalue weighted by molar-refractivity contribution is 0.463. The van der Waals surface area contributed by atoms with Crippen LogP contribution in [-0.2, 0) is 6.67 Å². The molecule has 0 aliphatic rings. The van der Waals surface area contributed by atoms with E-state index in [1.54, 1.807) is 24.3 Å². The highest BCUT2D eigenvalue weighted by molar-refractivity contribution is 5.48. The lowest BCUT2D eigenvalue weighted by Gasteiger charge is -2.09. The Hall–Kier alpha value is -2.10. The van der Waals surface area contributed by atoms with E-state index in [2.05, 4.69) is 4.98 Å². The molecule has 0 aliphatic heterocycles. The van der Waals surface area contributed by atoms with Gasteiger partial charge in [0.1, 0.15) is 18.2 Å². The van der Waals surface area contributed by atoms with Crippen LogP contribution in [0.25, 0.3) is 0 Å². The van der Waals surface area contributed by atoms with E-state index in [9.17, 15) is 4.39 Å². The summed E-state index contributed by atoms with van der Waals surface area (Å²) in [6, 6.07) is 8.69. The molecular formula is C13H13FN2O. The molecule has 3 nitrogen and oxygen atoms in total. The fraction of sp³-hybridized carbons (Fsp3) is 0.154. The molecule has 0 saturated carbocycles. The van der Waals surface area contributed by atoms with Crippen molar-refractivity contribution in [3.05, 3.63) is 47.8 Å². The number of benzene rings is 1. The molecule has 0 unspecified atom stereocenters. The van der Waals surface area contributed by atoms with E-state index in [0.717, 1.165) is 5.56 Å². The van der Waals surface area contributed by atoms with Crippen molar-refractivity contribution in [3.63, 3.8) is 0 Å². The van der Waals surface area contributed by atoms with E-state index in [1.165, 1.54) is 6.20 Å². The van der Waals surface area contributed by atoms with Crippen molar-refractivity contribution in [2.45, 2.75) is 13.6 Å². The number of anilines is 1. The highest BCUT2D eigenvalue weighted by Crippen LogP contribution is 2.25. The van der Waals surface area contributed by atoms with Crippen LogP contribution in [0.5, 0.6) is 11.5 Å². The maximum Gasteiger partial charge on any atom is 0.145 e. The normalized spacial score (nSPS) is 10.2. The average molecular weight is 232 g/mol. The quantitative estimate of drug-likeness (QED) is 0.826. The molecule has 0 radical (unpaired) electrons. The third-order valence-corrected chi connectivity index (χ3v) is 2.36. The van der Waals surface area contributed by atoms with Crippen molar-refractivity contribution in [2.24, 2.45) is 0 Å². The van der Waals surface area contributed by atoms with Gasteiger partial charge >= 0.3 is 0 Å². The van der Waals surface area contributed by atoms with Gasteiger partial charge in [-0.2, -0.15) is 0 Å². The third-order valence-electron chi connectivity index (χ3n) is 2.36. The van der Waals surface area contributed by atoms with E-state index in [1.807, 2.05) is 13.0 Å². The van der Waals surface area contributed by atoms with Crippen LogP contribution in [0.1, 0.15) is 11.3 Å². The van der Waals surface area contributed by atoms with Crippen LogP contribution in [0.3, 0.4) is 0 Å². The summed E-state index contributed by atoms with van der Waals surface area (Å²) in [5.74, 6) is 1.30. The number of nitrogen functional groups attached to an aromatic ring is 1. The van der Waals surface area contributed by atoms with Gasteiger partial charge in [-0.15, -0.1) is 0 Å². The molecule has 4 heteroatoms. The number of pyridine rings is 1. The third kappa shape index (κ3) is 2.72. The summed E-state index contributed by atoms with van der Waals surface area (Å²) < 4.78 is 17.9. The minimum absolute atomic E-state index is 0.395. The first-order valence-electron chi connectivity index (χ1n) is 5.24. The number of halogens is 1. The number of hydrogen-bond acceptors (Lipinski definition) is 3. The summed E-state index contributed by atoms with van der Waals surface area (Å²) >= 11 is 0. The van der Waals surface area contributed by atoms with Gasteiger partial charge in [0.2, 0.25) is 0 Å². The van der Waals surface area contributed by atoms with Gasteiger partial charge in [0.15, 0.2) is 0 Å². The van der Waals surface area contributed by atoms with Crippen LogP contribution in [-0.4, -0.2) is 4.98 Å². The Morgan fingerprint density at radius 1 is 1.29 bits per heavy atom. The van der Waals surface area contributed by atoms with Gasteiger partial charge in [-0.3, -0.25) is 4.98 Å². The standard InChI is InChI=1S/C13H13FN2O/c1-9-6-10(15)2-5-13(9)17-12-4-3-11(7-14)16-8-12/h2-6,8H,7,15H2,1H3. The monoisotopic (exact) mass is 232 g/mol. The number of rotatable bonds is 3. The van der Waals surface area contributed by atoms with Gasteiger partial charge < -0.3 is 10.5 Å². The van der Waals surface area contributed by atoms with E-state index in [-0.39, 0.29) is 0 Å². The molecule has 1 aromatic heterocycles. The zero-order valence-corrected chi connectivity index (χ0v) is 9.48. The Kier molecular flexibility index (Phi) is 3.23. The van der Waals surface area contributed by atoms with Gasteiger partial charge in [-0.05, 0) is 42.8 Å². The average Bonchev–Trinajstić information content (AvgIpc) is 2.34. The number of alkyl halides is 1. The van der Waals surface area contributed by atoms with Crippen molar-refractivity contribution in [3.8, 4) is 11.5 Å². The zero-order valence-electron chi connectivity index (χ0n) is 9.48. The molecule has 0 saturated heterocycles. The molecule has 0 fully saturated rings. The van der Waals surface area contributed by atoms with Crippen molar-refractivity contribution >= 4 is 5.69 Å². The molecule has 0 spiro atoms. The minimum atomic E-state index is -0.568. The number of nitrogens with zero attached hydrogens (tertiary/aromatic N) is 1. The van der Waals surface area contributed by atoms with Gasteiger partial charge in [0.25, 0.3) is 0 Å². The second kappa shape index (κ2) is 4.82. The van der Waals surface area contributed by atoms with E-state index in [4.69, 9.17) is 10.5 Å². The SMILES string of the molecule is Cc1cc(N)ccc1Oc1ccc(CF)nc1. The first kappa shape index (κ1) is 11.4. The van der Waals surface area contributed by atoms with Crippen LogP contribution in [0.4, 0.5) is 10.1 Å². The Morgan fingerprint density at radius 3 is 2.71 bits per heavy atom. The van der Waals surface area contributed by atoms with E-state index in [0.29, 0.717) is 22.9 Å². The molecule has 2 rings (SSSR count). The fourth-order valence-electron chi connectivity index (χ4n) is 1.46. The largest absolute Gasteiger partial charge is 0.455 e. The molecule has 17 heavy (non-hydrogen) atoms. The second-order valence-electron chi connectivity index (χ2n) is 3.75. The lowest BCUT2D eigenvalue weighted by atomic mass is 10.2. The van der Waals surface area contributed by atoms with Crippen molar-refractivity contribution in [1.82, 2.24) is 4.98 Å². The first-order chi connectivity index (χ1) is 8.19. The summed E-state index contributed by atoms with van der Waals surface area (Å²) in [6.45, 7) is 1.34. The Labute approximate surface area is 99.1 Å². The van der Waals surface area contributed by atoms with Crippen molar-refractivity contribution < 1.29 is 9.13 Å². The van der Waals surface area contributed by atoms with E-state index < -0.39 is 6.67 Å².